The Morgan fingerprint density at radius 2 is 2.00 bits per heavy atom. The van der Waals surface area contributed by atoms with Crippen LogP contribution in [0, 0.1) is 5.41 Å². The molecular formula is C12H23ClN2O. The van der Waals surface area contributed by atoms with Crippen LogP contribution in [0.1, 0.15) is 40.0 Å². The van der Waals surface area contributed by atoms with Crippen LogP contribution >= 0.6 is 12.4 Å². The maximum Gasteiger partial charge on any atom is 0.224 e. The minimum Gasteiger partial charge on any atom is -0.338 e. The van der Waals surface area contributed by atoms with Crippen LogP contribution in [0.5, 0.6) is 0 Å². The lowest BCUT2D eigenvalue weighted by Gasteiger charge is -2.22. The Labute approximate surface area is 104 Å². The molecule has 2 aliphatic rings. The summed E-state index contributed by atoms with van der Waals surface area (Å²) in [6.07, 6.45) is 3.14. The number of rotatable bonds is 3. The smallest absolute Gasteiger partial charge is 0.224 e. The van der Waals surface area contributed by atoms with Gasteiger partial charge >= 0.3 is 0 Å². The third kappa shape index (κ3) is 3.63. The number of carbonyl (C=O) groups is 1. The van der Waals surface area contributed by atoms with Gasteiger partial charge in [-0.15, -0.1) is 12.4 Å². The van der Waals surface area contributed by atoms with Crippen molar-refractivity contribution in [3.05, 3.63) is 0 Å². The van der Waals surface area contributed by atoms with Crippen molar-refractivity contribution in [3.63, 3.8) is 0 Å². The highest BCUT2D eigenvalue weighted by atomic mass is 35.5. The van der Waals surface area contributed by atoms with Gasteiger partial charge < -0.3 is 10.2 Å². The van der Waals surface area contributed by atoms with Crippen LogP contribution in [-0.4, -0.2) is 36.0 Å². The molecule has 1 aliphatic carbocycles. The molecule has 1 aliphatic heterocycles. The Balaban J connectivity index is 0.00000128. The van der Waals surface area contributed by atoms with Gasteiger partial charge in [0.05, 0.1) is 0 Å². The number of carbonyl (C=O) groups excluding carboxylic acids is 1. The van der Waals surface area contributed by atoms with Crippen LogP contribution in [0.15, 0.2) is 0 Å². The van der Waals surface area contributed by atoms with Crippen molar-refractivity contribution >= 4 is 18.3 Å². The van der Waals surface area contributed by atoms with Crippen LogP contribution < -0.4 is 5.32 Å². The summed E-state index contributed by atoms with van der Waals surface area (Å²) in [5.74, 6) is 0.351. The third-order valence-corrected chi connectivity index (χ3v) is 3.07. The van der Waals surface area contributed by atoms with Gasteiger partial charge in [-0.3, -0.25) is 4.79 Å². The lowest BCUT2D eigenvalue weighted by atomic mass is 9.96. The molecule has 1 atom stereocenters. The van der Waals surface area contributed by atoms with Crippen molar-refractivity contribution < 1.29 is 4.79 Å². The van der Waals surface area contributed by atoms with E-state index >= 15 is 0 Å². The van der Waals surface area contributed by atoms with E-state index in [9.17, 15) is 4.79 Å². The van der Waals surface area contributed by atoms with E-state index in [-0.39, 0.29) is 12.4 Å². The van der Waals surface area contributed by atoms with E-state index in [1.165, 1.54) is 12.8 Å². The van der Waals surface area contributed by atoms with Crippen molar-refractivity contribution in [2.45, 2.75) is 52.1 Å². The largest absolute Gasteiger partial charge is 0.338 e. The van der Waals surface area contributed by atoms with Crippen molar-refractivity contribution in [1.29, 1.82) is 0 Å². The average molecular weight is 247 g/mol. The van der Waals surface area contributed by atoms with Crippen molar-refractivity contribution in [2.75, 3.05) is 13.1 Å². The molecule has 94 valence electrons. The first-order valence-electron chi connectivity index (χ1n) is 5.98. The molecule has 3 nitrogen and oxygen atoms in total. The molecular weight excluding hydrogens is 224 g/mol. The Bertz CT molecular complexity index is 258. The lowest BCUT2D eigenvalue weighted by Crippen LogP contribution is -2.38. The molecule has 2 fully saturated rings. The number of amides is 1. The first kappa shape index (κ1) is 13.8. The summed E-state index contributed by atoms with van der Waals surface area (Å²) in [5, 5.41) is 3.50. The highest BCUT2D eigenvalue weighted by Crippen LogP contribution is 2.30. The number of nitrogens with zero attached hydrogens (tertiary/aromatic N) is 1. The number of hydrogen-bond acceptors (Lipinski definition) is 2. The highest BCUT2D eigenvalue weighted by molar-refractivity contribution is 5.85. The van der Waals surface area contributed by atoms with Crippen LogP contribution in [0.3, 0.4) is 0 Å². The second-order valence-corrected chi connectivity index (χ2v) is 6.12. The van der Waals surface area contributed by atoms with Gasteiger partial charge in [0.25, 0.3) is 0 Å². The van der Waals surface area contributed by atoms with Gasteiger partial charge in [-0.2, -0.15) is 0 Å². The minimum absolute atomic E-state index is 0. The molecule has 4 heteroatoms. The molecule has 0 aromatic rings. The molecule has 2 rings (SSSR count). The predicted molar refractivity (Wildman–Crippen MR) is 67.8 cm³/mol. The highest BCUT2D eigenvalue weighted by Gasteiger charge is 2.39. The van der Waals surface area contributed by atoms with Gasteiger partial charge in [-0.25, -0.2) is 0 Å². The van der Waals surface area contributed by atoms with Gasteiger partial charge in [0.2, 0.25) is 5.91 Å². The average Bonchev–Trinajstić information content (AvgIpc) is 2.87. The first-order chi connectivity index (χ1) is 6.96. The fraction of sp³-hybridized carbons (Fsp3) is 0.917. The van der Waals surface area contributed by atoms with Crippen LogP contribution in [0.2, 0.25) is 0 Å². The fourth-order valence-corrected chi connectivity index (χ4v) is 2.06. The summed E-state index contributed by atoms with van der Waals surface area (Å²) in [7, 11) is 0. The topological polar surface area (TPSA) is 32.3 Å². The number of likely N-dealkylation sites (tertiary alicyclic amines) is 1. The van der Waals surface area contributed by atoms with Gasteiger partial charge in [-0.05, 0) is 18.3 Å². The van der Waals surface area contributed by atoms with E-state index in [0.717, 1.165) is 13.1 Å². The van der Waals surface area contributed by atoms with Gasteiger partial charge in [0, 0.05) is 31.6 Å². The molecule has 1 amide bonds. The van der Waals surface area contributed by atoms with E-state index in [2.05, 4.69) is 31.0 Å². The summed E-state index contributed by atoms with van der Waals surface area (Å²) in [4.78, 5) is 13.7. The molecule has 1 unspecified atom stereocenters. The SMILES string of the molecule is CC(C)(C)CNC1CC(=O)N(C2CC2)C1.Cl. The fourth-order valence-electron chi connectivity index (χ4n) is 2.06. The number of nitrogens with one attached hydrogen (secondary N) is 1. The first-order valence-corrected chi connectivity index (χ1v) is 5.98. The second kappa shape index (κ2) is 4.92. The molecule has 0 bridgehead atoms. The van der Waals surface area contributed by atoms with Crippen molar-refractivity contribution in [3.8, 4) is 0 Å². The van der Waals surface area contributed by atoms with E-state index in [0.29, 0.717) is 29.8 Å². The molecule has 0 spiro atoms. The van der Waals surface area contributed by atoms with Gasteiger partial charge in [0.15, 0.2) is 0 Å². The normalized spacial score (nSPS) is 25.8. The monoisotopic (exact) mass is 246 g/mol. The summed E-state index contributed by atoms with van der Waals surface area (Å²) in [5.41, 5.74) is 0.302. The minimum atomic E-state index is 0. The van der Waals surface area contributed by atoms with E-state index in [1.807, 2.05) is 0 Å². The van der Waals surface area contributed by atoms with E-state index in [4.69, 9.17) is 0 Å². The Kier molecular flexibility index (Phi) is 4.24. The summed E-state index contributed by atoms with van der Waals surface area (Å²) >= 11 is 0. The predicted octanol–water partition coefficient (Wildman–Crippen LogP) is 1.81. The molecule has 1 saturated heterocycles. The summed E-state index contributed by atoms with van der Waals surface area (Å²) in [6, 6.07) is 0.969. The maximum atomic E-state index is 11.7. The Morgan fingerprint density at radius 1 is 1.38 bits per heavy atom. The summed E-state index contributed by atoms with van der Waals surface area (Å²) < 4.78 is 0. The van der Waals surface area contributed by atoms with E-state index < -0.39 is 0 Å². The van der Waals surface area contributed by atoms with Crippen molar-refractivity contribution in [2.24, 2.45) is 5.41 Å². The maximum absolute atomic E-state index is 11.7. The number of halogens is 1. The van der Waals surface area contributed by atoms with Gasteiger partial charge in [-0.1, -0.05) is 20.8 Å². The van der Waals surface area contributed by atoms with Crippen LogP contribution in [-0.2, 0) is 4.79 Å². The molecule has 1 N–H and O–H groups in total. The van der Waals surface area contributed by atoms with E-state index in [1.54, 1.807) is 0 Å². The molecule has 0 aromatic heterocycles. The Morgan fingerprint density at radius 3 is 2.50 bits per heavy atom. The zero-order valence-electron chi connectivity index (χ0n) is 10.5. The third-order valence-electron chi connectivity index (χ3n) is 3.07. The molecule has 1 heterocycles. The lowest BCUT2D eigenvalue weighted by molar-refractivity contribution is -0.128. The Hall–Kier alpha value is -0.280. The summed E-state index contributed by atoms with van der Waals surface area (Å²) in [6.45, 7) is 8.57. The zero-order chi connectivity index (χ0) is 11.1. The molecule has 16 heavy (non-hydrogen) atoms. The van der Waals surface area contributed by atoms with Gasteiger partial charge in [0.1, 0.15) is 0 Å². The molecule has 0 radical (unpaired) electrons. The molecule has 0 aromatic carbocycles. The number of hydrogen-bond donors (Lipinski definition) is 1. The zero-order valence-corrected chi connectivity index (χ0v) is 11.3. The van der Waals surface area contributed by atoms with Crippen LogP contribution in [0.25, 0.3) is 0 Å². The second-order valence-electron chi connectivity index (χ2n) is 6.12. The van der Waals surface area contributed by atoms with Crippen molar-refractivity contribution in [1.82, 2.24) is 10.2 Å². The molecule has 1 saturated carbocycles. The standard InChI is InChI=1S/C12H22N2O.ClH/c1-12(2,3)8-13-9-6-11(15)14(7-9)10-4-5-10;/h9-10,13H,4-8H2,1-3H3;1H. The quantitative estimate of drug-likeness (QED) is 0.824. The van der Waals surface area contributed by atoms with Crippen LogP contribution in [0.4, 0.5) is 0 Å².